The predicted octanol–water partition coefficient (Wildman–Crippen LogP) is 3.29. The molecule has 0 spiro atoms. The van der Waals surface area contributed by atoms with E-state index in [1.54, 1.807) is 0 Å². The summed E-state index contributed by atoms with van der Waals surface area (Å²) >= 11 is 5.75. The Labute approximate surface area is 127 Å². The number of carbonyl (C=O) groups is 1. The molecule has 21 heavy (non-hydrogen) atoms. The van der Waals surface area contributed by atoms with Crippen LogP contribution in [0.4, 0.5) is 8.78 Å². The molecular weight excluding hydrogens is 300 g/mol. The van der Waals surface area contributed by atoms with Crippen molar-refractivity contribution in [2.75, 3.05) is 6.54 Å². The molecular formula is C15H18ClF2NO2. The first kappa shape index (κ1) is 16.2. The van der Waals surface area contributed by atoms with Crippen LogP contribution in [-0.2, 0) is 0 Å². The maximum absolute atomic E-state index is 13.2. The molecule has 0 aliphatic heterocycles. The SMILES string of the molecule is CC1CCCC(O)(CNC(=O)c2cc(F)c(F)cc2Cl)C1. The van der Waals surface area contributed by atoms with Crippen molar-refractivity contribution < 1.29 is 18.7 Å². The lowest BCUT2D eigenvalue weighted by molar-refractivity contribution is -0.0109. The highest BCUT2D eigenvalue weighted by Gasteiger charge is 2.33. The van der Waals surface area contributed by atoms with Crippen LogP contribution < -0.4 is 5.32 Å². The summed E-state index contributed by atoms with van der Waals surface area (Å²) in [5.41, 5.74) is -1.08. The van der Waals surface area contributed by atoms with Gasteiger partial charge < -0.3 is 10.4 Å². The lowest BCUT2D eigenvalue weighted by atomic mass is 9.79. The van der Waals surface area contributed by atoms with Crippen molar-refractivity contribution in [2.45, 2.75) is 38.2 Å². The van der Waals surface area contributed by atoms with Crippen molar-refractivity contribution >= 4 is 17.5 Å². The van der Waals surface area contributed by atoms with E-state index in [0.29, 0.717) is 18.8 Å². The van der Waals surface area contributed by atoms with Gasteiger partial charge >= 0.3 is 0 Å². The topological polar surface area (TPSA) is 49.3 Å². The number of amides is 1. The maximum atomic E-state index is 13.2. The number of halogens is 3. The van der Waals surface area contributed by atoms with E-state index in [0.717, 1.165) is 25.0 Å². The second-order valence-electron chi connectivity index (χ2n) is 5.85. The standard InChI is InChI=1S/C15H18ClF2NO2/c1-9-3-2-4-15(21,7-9)8-19-14(20)10-5-12(17)13(18)6-11(10)16/h5-6,9,21H,2-4,7-8H2,1H3,(H,19,20). The predicted molar refractivity (Wildman–Crippen MR) is 76.3 cm³/mol. The summed E-state index contributed by atoms with van der Waals surface area (Å²) in [7, 11) is 0. The van der Waals surface area contributed by atoms with Gasteiger partial charge in [0.25, 0.3) is 5.91 Å². The number of benzene rings is 1. The zero-order valence-electron chi connectivity index (χ0n) is 11.8. The first-order valence-corrected chi connectivity index (χ1v) is 7.34. The minimum Gasteiger partial charge on any atom is -0.388 e. The molecule has 1 aromatic rings. The number of rotatable bonds is 3. The molecule has 0 radical (unpaired) electrons. The zero-order valence-corrected chi connectivity index (χ0v) is 12.5. The fourth-order valence-electron chi connectivity index (χ4n) is 2.83. The Morgan fingerprint density at radius 1 is 1.48 bits per heavy atom. The normalized spacial score (nSPS) is 25.7. The average molecular weight is 318 g/mol. The van der Waals surface area contributed by atoms with Crippen molar-refractivity contribution in [2.24, 2.45) is 5.92 Å². The van der Waals surface area contributed by atoms with Gasteiger partial charge in [-0.15, -0.1) is 0 Å². The summed E-state index contributed by atoms with van der Waals surface area (Å²) in [6.45, 7) is 2.13. The van der Waals surface area contributed by atoms with E-state index in [1.165, 1.54) is 0 Å². The number of hydrogen-bond acceptors (Lipinski definition) is 2. The van der Waals surface area contributed by atoms with E-state index >= 15 is 0 Å². The highest BCUT2D eigenvalue weighted by atomic mass is 35.5. The van der Waals surface area contributed by atoms with Gasteiger partial charge in [-0.1, -0.05) is 31.4 Å². The van der Waals surface area contributed by atoms with Crippen LogP contribution in [0.3, 0.4) is 0 Å². The molecule has 116 valence electrons. The van der Waals surface area contributed by atoms with E-state index in [9.17, 15) is 18.7 Å². The van der Waals surface area contributed by atoms with Crippen LogP contribution in [0.2, 0.25) is 5.02 Å². The molecule has 0 saturated heterocycles. The first-order chi connectivity index (χ1) is 9.81. The Balaban J connectivity index is 2.03. The third kappa shape index (κ3) is 3.92. The Kier molecular flexibility index (Phi) is 4.84. The van der Waals surface area contributed by atoms with Gasteiger partial charge in [0.1, 0.15) is 0 Å². The minimum absolute atomic E-state index is 0.0749. The molecule has 2 unspecified atom stereocenters. The average Bonchev–Trinajstić information content (AvgIpc) is 2.40. The van der Waals surface area contributed by atoms with E-state index in [-0.39, 0.29) is 17.1 Å². The van der Waals surface area contributed by atoms with Crippen molar-refractivity contribution in [1.29, 1.82) is 0 Å². The number of hydrogen-bond donors (Lipinski definition) is 2. The third-order valence-electron chi connectivity index (χ3n) is 3.90. The molecule has 1 aliphatic rings. The summed E-state index contributed by atoms with van der Waals surface area (Å²) in [5, 5.41) is 12.8. The largest absolute Gasteiger partial charge is 0.388 e. The van der Waals surface area contributed by atoms with Crippen molar-refractivity contribution in [3.05, 3.63) is 34.4 Å². The van der Waals surface area contributed by atoms with Crippen LogP contribution in [0.15, 0.2) is 12.1 Å². The van der Waals surface area contributed by atoms with Gasteiger partial charge in [0.2, 0.25) is 0 Å². The molecule has 0 aromatic heterocycles. The zero-order chi connectivity index (χ0) is 15.6. The van der Waals surface area contributed by atoms with Crippen molar-refractivity contribution in [1.82, 2.24) is 5.32 Å². The number of carbonyl (C=O) groups excluding carboxylic acids is 1. The minimum atomic E-state index is -1.13. The third-order valence-corrected chi connectivity index (χ3v) is 4.21. The molecule has 0 heterocycles. The van der Waals surface area contributed by atoms with Crippen LogP contribution in [0.25, 0.3) is 0 Å². The molecule has 2 rings (SSSR count). The molecule has 6 heteroatoms. The van der Waals surface area contributed by atoms with E-state index in [4.69, 9.17) is 11.6 Å². The van der Waals surface area contributed by atoms with Gasteiger partial charge in [-0.2, -0.15) is 0 Å². The fourth-order valence-corrected chi connectivity index (χ4v) is 3.07. The van der Waals surface area contributed by atoms with Gasteiger partial charge in [-0.05, 0) is 30.9 Å². The summed E-state index contributed by atoms with van der Waals surface area (Å²) in [6, 6.07) is 1.53. The van der Waals surface area contributed by atoms with Gasteiger partial charge in [0.05, 0.1) is 16.2 Å². The van der Waals surface area contributed by atoms with Crippen LogP contribution in [-0.4, -0.2) is 23.2 Å². The second-order valence-corrected chi connectivity index (χ2v) is 6.26. The highest BCUT2D eigenvalue weighted by Crippen LogP contribution is 2.31. The fraction of sp³-hybridized carbons (Fsp3) is 0.533. The van der Waals surface area contributed by atoms with Crippen LogP contribution in [0, 0.1) is 17.6 Å². The van der Waals surface area contributed by atoms with E-state index in [2.05, 4.69) is 12.2 Å². The Morgan fingerprint density at radius 3 is 2.81 bits per heavy atom. The molecule has 1 aliphatic carbocycles. The molecule has 1 amide bonds. The monoisotopic (exact) mass is 317 g/mol. The number of aliphatic hydroxyl groups is 1. The van der Waals surface area contributed by atoms with Gasteiger partial charge in [-0.3, -0.25) is 4.79 Å². The van der Waals surface area contributed by atoms with E-state index in [1.807, 2.05) is 0 Å². The smallest absolute Gasteiger partial charge is 0.253 e. The molecule has 2 N–H and O–H groups in total. The lowest BCUT2D eigenvalue weighted by Crippen LogP contribution is -2.45. The maximum Gasteiger partial charge on any atom is 0.253 e. The molecule has 1 aromatic carbocycles. The summed E-state index contributed by atoms with van der Waals surface area (Å²) in [4.78, 5) is 12.0. The Bertz CT molecular complexity index is 553. The lowest BCUT2D eigenvalue weighted by Gasteiger charge is -2.35. The molecule has 2 atom stereocenters. The number of nitrogens with one attached hydrogen (secondary N) is 1. The first-order valence-electron chi connectivity index (χ1n) is 6.96. The van der Waals surface area contributed by atoms with Crippen LogP contribution in [0.1, 0.15) is 43.0 Å². The summed E-state index contributed by atoms with van der Waals surface area (Å²) in [5.74, 6) is -2.45. The van der Waals surface area contributed by atoms with Crippen molar-refractivity contribution in [3.8, 4) is 0 Å². The summed E-state index contributed by atoms with van der Waals surface area (Å²) in [6.07, 6.45) is 3.19. The quantitative estimate of drug-likeness (QED) is 0.840. The van der Waals surface area contributed by atoms with Gasteiger partial charge in [0, 0.05) is 6.54 Å². The summed E-state index contributed by atoms with van der Waals surface area (Å²) < 4.78 is 26.2. The molecule has 0 bridgehead atoms. The van der Waals surface area contributed by atoms with Gasteiger partial charge in [0.15, 0.2) is 11.6 Å². The van der Waals surface area contributed by atoms with Crippen LogP contribution in [0.5, 0.6) is 0 Å². The molecule has 1 saturated carbocycles. The van der Waals surface area contributed by atoms with Gasteiger partial charge in [-0.25, -0.2) is 8.78 Å². The second kappa shape index (κ2) is 6.28. The Hall–Kier alpha value is -1.20. The van der Waals surface area contributed by atoms with Crippen molar-refractivity contribution in [3.63, 3.8) is 0 Å². The molecule has 1 fully saturated rings. The van der Waals surface area contributed by atoms with Crippen LogP contribution >= 0.6 is 11.6 Å². The molecule has 3 nitrogen and oxygen atoms in total. The highest BCUT2D eigenvalue weighted by molar-refractivity contribution is 6.33. The Morgan fingerprint density at radius 2 is 2.14 bits per heavy atom. The van der Waals surface area contributed by atoms with E-state index < -0.39 is 23.1 Å².